The van der Waals surface area contributed by atoms with Crippen molar-refractivity contribution in [3.63, 3.8) is 0 Å². The highest BCUT2D eigenvalue weighted by atomic mass is 14.5. The van der Waals surface area contributed by atoms with E-state index in [2.05, 4.69) is 133 Å². The number of hydrogen-bond donors (Lipinski definition) is 0. The van der Waals surface area contributed by atoms with Crippen molar-refractivity contribution in [3.05, 3.63) is 145 Å². The molecule has 1 saturated carbocycles. The normalized spacial score (nSPS) is 15.3. The second kappa shape index (κ2) is 8.55. The fraction of sp³-hybridized carbons (Fsp3) is 0.116. The van der Waals surface area contributed by atoms with E-state index in [1.54, 1.807) is 5.56 Å². The first-order valence-electron chi connectivity index (χ1n) is 15.7. The van der Waals surface area contributed by atoms with Crippen LogP contribution in [-0.2, 0) is 5.41 Å². The van der Waals surface area contributed by atoms with Gasteiger partial charge in [0.15, 0.2) is 0 Å². The number of rotatable bonds is 2. The van der Waals surface area contributed by atoms with Gasteiger partial charge in [0.2, 0.25) is 0 Å². The predicted molar refractivity (Wildman–Crippen MR) is 183 cm³/mol. The summed E-state index contributed by atoms with van der Waals surface area (Å²) in [6.07, 6.45) is 5.05. The summed E-state index contributed by atoms with van der Waals surface area (Å²) < 4.78 is 0. The lowest BCUT2D eigenvalue weighted by Gasteiger charge is -2.27. The Bertz CT molecular complexity index is 2380. The summed E-state index contributed by atoms with van der Waals surface area (Å²) in [5, 5.41) is 10.7. The summed E-state index contributed by atoms with van der Waals surface area (Å²) in [4.78, 5) is 0. The summed E-state index contributed by atoms with van der Waals surface area (Å²) in [5.74, 6) is 0. The highest BCUT2D eigenvalue weighted by Crippen LogP contribution is 2.58. The van der Waals surface area contributed by atoms with Crippen LogP contribution in [0.25, 0.3) is 76.5 Å². The van der Waals surface area contributed by atoms with Crippen LogP contribution in [0.5, 0.6) is 0 Å². The molecule has 0 aliphatic heterocycles. The van der Waals surface area contributed by atoms with E-state index in [1.165, 1.54) is 108 Å². The van der Waals surface area contributed by atoms with Gasteiger partial charge in [-0.3, -0.25) is 0 Å². The van der Waals surface area contributed by atoms with Crippen molar-refractivity contribution in [2.45, 2.75) is 31.1 Å². The Hall–Kier alpha value is -4.94. The first kappa shape index (κ1) is 23.6. The topological polar surface area (TPSA) is 0 Å². The van der Waals surface area contributed by atoms with Crippen LogP contribution in [0.2, 0.25) is 0 Å². The fourth-order valence-corrected chi connectivity index (χ4v) is 8.72. The molecule has 0 N–H and O–H groups in total. The quantitative estimate of drug-likeness (QED) is 0.189. The van der Waals surface area contributed by atoms with E-state index in [9.17, 15) is 0 Å². The minimum absolute atomic E-state index is 0.108. The number of hydrogen-bond acceptors (Lipinski definition) is 0. The smallest absolute Gasteiger partial charge is 0.0215 e. The average molecular weight is 547 g/mol. The van der Waals surface area contributed by atoms with Crippen LogP contribution in [0, 0.1) is 0 Å². The van der Waals surface area contributed by atoms with E-state index < -0.39 is 0 Å². The molecule has 0 atom stereocenters. The second-order valence-electron chi connectivity index (χ2n) is 12.8. The molecule has 2 aliphatic rings. The van der Waals surface area contributed by atoms with Crippen LogP contribution in [0.4, 0.5) is 0 Å². The molecule has 0 saturated heterocycles. The van der Waals surface area contributed by atoms with Gasteiger partial charge in [0.05, 0.1) is 0 Å². The van der Waals surface area contributed by atoms with Gasteiger partial charge in [-0.15, -0.1) is 0 Å². The van der Waals surface area contributed by atoms with E-state index in [0.717, 1.165) is 0 Å². The lowest BCUT2D eigenvalue weighted by molar-refractivity contribution is 0.550. The highest BCUT2D eigenvalue weighted by molar-refractivity contribution is 6.25. The van der Waals surface area contributed by atoms with Gasteiger partial charge in [0.1, 0.15) is 0 Å². The van der Waals surface area contributed by atoms with Crippen molar-refractivity contribution in [3.8, 4) is 33.4 Å². The zero-order chi connectivity index (χ0) is 28.1. The van der Waals surface area contributed by atoms with Gasteiger partial charge in [-0.25, -0.2) is 0 Å². The Kier molecular flexibility index (Phi) is 4.70. The van der Waals surface area contributed by atoms with Crippen LogP contribution in [0.3, 0.4) is 0 Å². The Morgan fingerprint density at radius 1 is 0.372 bits per heavy atom. The van der Waals surface area contributed by atoms with Gasteiger partial charge < -0.3 is 0 Å². The summed E-state index contributed by atoms with van der Waals surface area (Å²) in [7, 11) is 0. The van der Waals surface area contributed by atoms with E-state index in [1.807, 2.05) is 0 Å². The molecule has 0 radical (unpaired) electrons. The Balaban J connectivity index is 1.15. The molecule has 43 heavy (non-hydrogen) atoms. The molecular weight excluding hydrogens is 516 g/mol. The lowest BCUT2D eigenvalue weighted by Crippen LogP contribution is -2.20. The van der Waals surface area contributed by atoms with Crippen LogP contribution in [-0.4, -0.2) is 0 Å². The molecule has 0 aromatic heterocycles. The van der Waals surface area contributed by atoms with Gasteiger partial charge >= 0.3 is 0 Å². The fourth-order valence-electron chi connectivity index (χ4n) is 8.72. The predicted octanol–water partition coefficient (Wildman–Crippen LogP) is 11.9. The molecule has 0 unspecified atom stereocenters. The zero-order valence-electron chi connectivity index (χ0n) is 24.0. The van der Waals surface area contributed by atoms with Gasteiger partial charge in [-0.1, -0.05) is 128 Å². The third kappa shape index (κ3) is 3.21. The maximum absolute atomic E-state index is 2.56. The van der Waals surface area contributed by atoms with Gasteiger partial charge in [-0.2, -0.15) is 0 Å². The molecule has 1 fully saturated rings. The molecule has 0 heterocycles. The second-order valence-corrected chi connectivity index (χ2v) is 12.8. The molecule has 10 rings (SSSR count). The minimum atomic E-state index is 0.108. The van der Waals surface area contributed by atoms with Crippen molar-refractivity contribution >= 4 is 43.1 Å². The molecule has 202 valence electrons. The van der Waals surface area contributed by atoms with Crippen molar-refractivity contribution in [1.29, 1.82) is 0 Å². The number of fused-ring (bicyclic) bond motifs is 6. The SMILES string of the molecule is c1ccc2cc(-c3ccc4c(c3)C3(CCCC3)c3cc(-c5ccc6ccc7cccc8ccc5c6c78)ccc3-4)ccc2c1. The summed E-state index contributed by atoms with van der Waals surface area (Å²) in [5.41, 5.74) is 11.4. The molecule has 2 aliphatic carbocycles. The van der Waals surface area contributed by atoms with Crippen LogP contribution < -0.4 is 0 Å². The Morgan fingerprint density at radius 3 is 1.70 bits per heavy atom. The van der Waals surface area contributed by atoms with Crippen LogP contribution >= 0.6 is 0 Å². The standard InChI is InChI=1S/C43H30/c1-2-7-31-24-32(13-10-27(31)6-1)33-16-19-36-37-20-17-34(26-40(37)43(39(36)25-33)22-3-4-23-43)35-18-14-30-12-11-28-8-5-9-29-15-21-38(35)42(30)41(28)29/h1-2,5-21,24-26H,3-4,22-23H2. The van der Waals surface area contributed by atoms with Gasteiger partial charge in [0, 0.05) is 5.41 Å². The van der Waals surface area contributed by atoms with E-state index in [-0.39, 0.29) is 5.41 Å². The summed E-state index contributed by atoms with van der Waals surface area (Å²) >= 11 is 0. The first-order valence-corrected chi connectivity index (χ1v) is 15.7. The molecule has 8 aromatic rings. The number of benzene rings is 8. The largest absolute Gasteiger partial charge is 0.0616 e. The maximum Gasteiger partial charge on any atom is 0.0215 e. The summed E-state index contributed by atoms with van der Waals surface area (Å²) in [6, 6.07) is 50.8. The highest BCUT2D eigenvalue weighted by Gasteiger charge is 2.45. The first-order chi connectivity index (χ1) is 21.3. The van der Waals surface area contributed by atoms with Crippen molar-refractivity contribution in [2.24, 2.45) is 0 Å². The third-order valence-corrected chi connectivity index (χ3v) is 10.7. The molecule has 0 amide bonds. The van der Waals surface area contributed by atoms with E-state index in [0.29, 0.717) is 0 Å². The zero-order valence-corrected chi connectivity index (χ0v) is 24.0. The van der Waals surface area contributed by atoms with Crippen LogP contribution in [0.15, 0.2) is 133 Å². The monoisotopic (exact) mass is 546 g/mol. The van der Waals surface area contributed by atoms with Crippen molar-refractivity contribution in [1.82, 2.24) is 0 Å². The molecule has 8 aromatic carbocycles. The van der Waals surface area contributed by atoms with Gasteiger partial charge in [0.25, 0.3) is 0 Å². The Morgan fingerprint density at radius 2 is 0.907 bits per heavy atom. The van der Waals surface area contributed by atoms with Gasteiger partial charge in [-0.05, 0) is 119 Å². The maximum atomic E-state index is 2.56. The third-order valence-electron chi connectivity index (χ3n) is 10.7. The molecule has 1 spiro atoms. The molecule has 0 bridgehead atoms. The Labute approximate surface area is 251 Å². The average Bonchev–Trinajstić information content (AvgIpc) is 3.67. The lowest BCUT2D eigenvalue weighted by atomic mass is 9.75. The molecule has 0 nitrogen and oxygen atoms in total. The molecule has 0 heteroatoms. The van der Waals surface area contributed by atoms with Crippen molar-refractivity contribution in [2.75, 3.05) is 0 Å². The van der Waals surface area contributed by atoms with Crippen molar-refractivity contribution < 1.29 is 0 Å². The van der Waals surface area contributed by atoms with E-state index in [4.69, 9.17) is 0 Å². The van der Waals surface area contributed by atoms with E-state index >= 15 is 0 Å². The van der Waals surface area contributed by atoms with Crippen LogP contribution in [0.1, 0.15) is 36.8 Å². The minimum Gasteiger partial charge on any atom is -0.0616 e. The molecular formula is C43H30. The summed E-state index contributed by atoms with van der Waals surface area (Å²) in [6.45, 7) is 0.